The number of hydrogen-bond acceptors (Lipinski definition) is 7. The molecule has 7 nitrogen and oxygen atoms in total. The maximum Gasteiger partial charge on any atom is 0.330 e. The topological polar surface area (TPSA) is 113 Å². The van der Waals surface area contributed by atoms with Crippen molar-refractivity contribution in [2.75, 3.05) is 7.11 Å². The fourth-order valence-electron chi connectivity index (χ4n) is 4.13. The van der Waals surface area contributed by atoms with E-state index in [1.807, 2.05) is 45.9 Å². The van der Waals surface area contributed by atoms with Crippen molar-refractivity contribution in [2.24, 2.45) is 0 Å². The molecule has 0 spiro atoms. The first kappa shape index (κ1) is 28.1. The van der Waals surface area contributed by atoms with Crippen LogP contribution in [0.15, 0.2) is 78.4 Å². The summed E-state index contributed by atoms with van der Waals surface area (Å²) in [5.41, 5.74) is 1.74. The highest BCUT2D eigenvalue weighted by Gasteiger charge is 2.34. The van der Waals surface area contributed by atoms with E-state index in [0.717, 1.165) is 16.5 Å². The Morgan fingerprint density at radius 1 is 0.816 bits per heavy atom. The zero-order chi connectivity index (χ0) is 28.0. The van der Waals surface area contributed by atoms with Gasteiger partial charge in [-0.25, -0.2) is 4.79 Å². The second-order valence-corrected chi connectivity index (χ2v) is 9.74. The van der Waals surface area contributed by atoms with Crippen molar-refractivity contribution in [3.05, 3.63) is 83.9 Å². The second-order valence-electron chi connectivity index (χ2n) is 9.74. The van der Waals surface area contributed by atoms with Crippen LogP contribution < -0.4 is 4.74 Å². The molecule has 198 valence electrons. The quantitative estimate of drug-likeness (QED) is 0.150. The minimum absolute atomic E-state index is 0.198. The second kappa shape index (κ2) is 11.7. The lowest BCUT2D eigenvalue weighted by atomic mass is 9.78. The van der Waals surface area contributed by atoms with E-state index >= 15 is 0 Å². The fourth-order valence-corrected chi connectivity index (χ4v) is 4.13. The predicted octanol–water partition coefficient (Wildman–Crippen LogP) is 6.51. The molecule has 0 unspecified atom stereocenters. The van der Waals surface area contributed by atoms with E-state index in [0.29, 0.717) is 28.3 Å². The van der Waals surface area contributed by atoms with E-state index in [1.165, 1.54) is 13.2 Å². The average molecular weight is 517 g/mol. The minimum Gasteiger partial charge on any atom is -0.507 e. The van der Waals surface area contributed by atoms with Gasteiger partial charge >= 0.3 is 11.9 Å². The lowest BCUT2D eigenvalue weighted by Gasteiger charge is -2.31. The summed E-state index contributed by atoms with van der Waals surface area (Å²) in [5, 5.41) is 31.4. The van der Waals surface area contributed by atoms with E-state index in [4.69, 9.17) is 4.74 Å². The molecule has 3 N–H and O–H groups in total. The molecular weight excluding hydrogens is 484 g/mol. The summed E-state index contributed by atoms with van der Waals surface area (Å²) in [7, 11) is 1.36. The number of rotatable bonds is 1. The van der Waals surface area contributed by atoms with Gasteiger partial charge in [0.25, 0.3) is 0 Å². The summed E-state index contributed by atoms with van der Waals surface area (Å²) in [6, 6.07) is 19.2. The van der Waals surface area contributed by atoms with E-state index < -0.39 is 0 Å². The molecule has 4 aromatic rings. The van der Waals surface area contributed by atoms with Crippen LogP contribution in [0.1, 0.15) is 39.7 Å². The van der Waals surface area contributed by atoms with Gasteiger partial charge in [-0.15, -0.1) is 0 Å². The number of phenols is 3. The molecule has 0 saturated carbocycles. The number of fused-ring (bicyclic) bond motifs is 4. The number of carbonyl (C=O) groups is 2. The maximum atomic E-state index is 11.7. The van der Waals surface area contributed by atoms with E-state index in [9.17, 15) is 24.9 Å². The van der Waals surface area contributed by atoms with Gasteiger partial charge < -0.3 is 24.8 Å². The van der Waals surface area contributed by atoms with Crippen LogP contribution in [0.5, 0.6) is 23.0 Å². The molecule has 1 heterocycles. The number of ether oxygens (including phenoxy) is 2. The molecule has 0 fully saturated rings. The van der Waals surface area contributed by atoms with E-state index in [2.05, 4.69) is 4.74 Å². The molecule has 7 heteroatoms. The third kappa shape index (κ3) is 6.42. The van der Waals surface area contributed by atoms with Gasteiger partial charge in [-0.2, -0.15) is 0 Å². The molecule has 0 aliphatic carbocycles. The summed E-state index contributed by atoms with van der Waals surface area (Å²) in [6.07, 6.45) is 1.82. The van der Waals surface area contributed by atoms with Crippen molar-refractivity contribution >= 4 is 33.5 Å². The van der Waals surface area contributed by atoms with Gasteiger partial charge in [0.05, 0.1) is 13.5 Å². The van der Waals surface area contributed by atoms with Gasteiger partial charge in [0.2, 0.25) is 0 Å². The first-order chi connectivity index (χ1) is 17.9. The van der Waals surface area contributed by atoms with Crippen LogP contribution in [0.4, 0.5) is 0 Å². The summed E-state index contributed by atoms with van der Waals surface area (Å²) in [4.78, 5) is 22.0. The van der Waals surface area contributed by atoms with Crippen LogP contribution >= 0.6 is 0 Å². The highest BCUT2D eigenvalue weighted by molar-refractivity contribution is 5.97. The lowest BCUT2D eigenvalue weighted by Crippen LogP contribution is -2.30. The number of aromatic hydroxyl groups is 3. The Balaban J connectivity index is 0.000000173. The number of carbonyl (C=O) groups excluding carboxylic acids is 2. The molecule has 0 radical (unpaired) electrons. The molecule has 4 aromatic carbocycles. The van der Waals surface area contributed by atoms with Gasteiger partial charge in [0, 0.05) is 38.6 Å². The van der Waals surface area contributed by atoms with Crippen LogP contribution in [0, 0.1) is 0 Å². The minimum atomic E-state index is -0.287. The van der Waals surface area contributed by atoms with Gasteiger partial charge in [-0.3, -0.25) is 4.79 Å². The summed E-state index contributed by atoms with van der Waals surface area (Å²) >= 11 is 0. The smallest absolute Gasteiger partial charge is 0.330 e. The molecule has 38 heavy (non-hydrogen) atoms. The fraction of sp³-hybridized carbons (Fsp3) is 0.226. The van der Waals surface area contributed by atoms with Crippen molar-refractivity contribution in [3.63, 3.8) is 0 Å². The first-order valence-corrected chi connectivity index (χ1v) is 12.0. The molecule has 5 rings (SSSR count). The molecule has 0 atom stereocenters. The molecule has 0 bridgehead atoms. The van der Waals surface area contributed by atoms with Crippen LogP contribution in [0.2, 0.25) is 0 Å². The Bertz CT molecular complexity index is 1470. The lowest BCUT2D eigenvalue weighted by molar-refractivity contribution is -0.137. The zero-order valence-corrected chi connectivity index (χ0v) is 22.1. The number of phenolic OH excluding ortho intramolecular Hbond substituents is 3. The predicted molar refractivity (Wildman–Crippen MR) is 148 cm³/mol. The summed E-state index contributed by atoms with van der Waals surface area (Å²) < 4.78 is 9.73. The number of esters is 2. The summed E-state index contributed by atoms with van der Waals surface area (Å²) in [5.74, 6) is 0.680. The van der Waals surface area contributed by atoms with E-state index in [-0.39, 0.29) is 34.6 Å². The molecule has 0 saturated heterocycles. The van der Waals surface area contributed by atoms with Gasteiger partial charge in [-0.05, 0) is 32.0 Å². The van der Waals surface area contributed by atoms with Crippen molar-refractivity contribution < 1.29 is 34.4 Å². The van der Waals surface area contributed by atoms with Crippen LogP contribution in [0.25, 0.3) is 21.5 Å². The molecular formula is C31H32O7. The zero-order valence-electron chi connectivity index (χ0n) is 22.1. The van der Waals surface area contributed by atoms with Crippen molar-refractivity contribution in [1.29, 1.82) is 0 Å². The molecule has 1 aliphatic rings. The Morgan fingerprint density at radius 3 is 1.74 bits per heavy atom. The SMILES string of the molecule is CC1(C)CC(=O)Oc2c1ccc1c(O)cccc21.COC(=O)C=C(C)C.Oc1cccc2c(O)cccc12. The standard InChI is InChI=1S/C15H14O3.C10H8O2.C6H10O2/c1-15(2)8-13(17)18-14-10-4-3-5-12(16)9(10)6-7-11(14)15;11-9-5-1-3-7-8(9)4-2-6-10(7)12;1-5(2)4-6(7)8-3/h3-7,16H,8H2,1-2H3;1-6,11-12H;4H,1-3H3. The number of allylic oxidation sites excluding steroid dienone is 1. The largest absolute Gasteiger partial charge is 0.507 e. The Kier molecular flexibility index (Phi) is 8.63. The molecule has 0 aromatic heterocycles. The molecule has 0 amide bonds. The Hall–Kier alpha value is -4.52. The highest BCUT2D eigenvalue weighted by Crippen LogP contribution is 2.44. The summed E-state index contributed by atoms with van der Waals surface area (Å²) in [6.45, 7) is 7.75. The van der Waals surface area contributed by atoms with Crippen LogP contribution in [0.3, 0.4) is 0 Å². The first-order valence-electron chi connectivity index (χ1n) is 12.0. The van der Waals surface area contributed by atoms with E-state index in [1.54, 1.807) is 48.5 Å². The number of methoxy groups -OCH3 is 1. The Labute approximate surface area is 221 Å². The molecule has 1 aliphatic heterocycles. The van der Waals surface area contributed by atoms with Gasteiger partial charge in [0.15, 0.2) is 0 Å². The monoisotopic (exact) mass is 516 g/mol. The highest BCUT2D eigenvalue weighted by atomic mass is 16.5. The van der Waals surface area contributed by atoms with Gasteiger partial charge in [0.1, 0.15) is 23.0 Å². The van der Waals surface area contributed by atoms with Crippen LogP contribution in [-0.4, -0.2) is 34.4 Å². The third-order valence-corrected chi connectivity index (χ3v) is 6.00. The van der Waals surface area contributed by atoms with Gasteiger partial charge in [-0.1, -0.05) is 68.0 Å². The Morgan fingerprint density at radius 2 is 1.29 bits per heavy atom. The number of benzene rings is 4. The van der Waals surface area contributed by atoms with Crippen molar-refractivity contribution in [3.8, 4) is 23.0 Å². The van der Waals surface area contributed by atoms with Crippen molar-refractivity contribution in [1.82, 2.24) is 0 Å². The maximum absolute atomic E-state index is 11.7. The normalized spacial score (nSPS) is 13.1. The third-order valence-electron chi connectivity index (χ3n) is 6.00. The van der Waals surface area contributed by atoms with Crippen LogP contribution in [-0.2, 0) is 19.7 Å². The average Bonchev–Trinajstić information content (AvgIpc) is 2.85. The number of hydrogen-bond donors (Lipinski definition) is 3. The van der Waals surface area contributed by atoms with Crippen molar-refractivity contribution in [2.45, 2.75) is 39.5 Å².